The van der Waals surface area contributed by atoms with Crippen molar-refractivity contribution in [2.24, 2.45) is 0 Å². The van der Waals surface area contributed by atoms with Crippen LogP contribution in [0.2, 0.25) is 0 Å². The van der Waals surface area contributed by atoms with Crippen molar-refractivity contribution in [3.63, 3.8) is 0 Å². The van der Waals surface area contributed by atoms with Gasteiger partial charge in [0.1, 0.15) is 0 Å². The Balaban J connectivity index is 1.65. The summed E-state index contributed by atoms with van der Waals surface area (Å²) >= 11 is 1.69. The fraction of sp³-hybridized carbons (Fsp3) is 0.600. The topological polar surface area (TPSA) is 49.6 Å². The van der Waals surface area contributed by atoms with Crippen LogP contribution >= 0.6 is 11.3 Å². The zero-order valence-corrected chi connectivity index (χ0v) is 13.0. The van der Waals surface area contributed by atoms with Gasteiger partial charge in [-0.3, -0.25) is 14.1 Å². The SMILES string of the molecule is CNC(=O)[C@H]1CCCN1Cc1c(C2CC2)nc2sccn12. The van der Waals surface area contributed by atoms with E-state index in [1.807, 2.05) is 0 Å². The molecular weight excluding hydrogens is 284 g/mol. The molecule has 1 saturated heterocycles. The van der Waals surface area contributed by atoms with Crippen molar-refractivity contribution in [3.8, 4) is 0 Å². The fourth-order valence-corrected chi connectivity index (χ4v) is 4.10. The van der Waals surface area contributed by atoms with Crippen LogP contribution in [0.25, 0.3) is 4.96 Å². The third-order valence-electron chi connectivity index (χ3n) is 4.62. The molecule has 1 N–H and O–H groups in total. The van der Waals surface area contributed by atoms with Gasteiger partial charge in [0.15, 0.2) is 4.96 Å². The standard InChI is InChI=1S/C15H20N4OS/c1-16-14(20)11-3-2-6-18(11)9-12-13(10-4-5-10)17-15-19(12)7-8-21-15/h7-8,10-11H,2-6,9H2,1H3,(H,16,20)/t11-/m1/s1. The molecule has 6 heteroatoms. The molecule has 2 aromatic rings. The van der Waals surface area contributed by atoms with Crippen LogP contribution in [-0.4, -0.2) is 39.8 Å². The highest BCUT2D eigenvalue weighted by Gasteiger charge is 2.34. The molecule has 1 amide bonds. The van der Waals surface area contributed by atoms with Crippen LogP contribution in [0.15, 0.2) is 11.6 Å². The van der Waals surface area contributed by atoms with Crippen molar-refractivity contribution in [2.45, 2.75) is 44.2 Å². The van der Waals surface area contributed by atoms with Crippen LogP contribution in [0.4, 0.5) is 0 Å². The van der Waals surface area contributed by atoms with Gasteiger partial charge >= 0.3 is 0 Å². The molecule has 1 aliphatic carbocycles. The summed E-state index contributed by atoms with van der Waals surface area (Å²) in [6, 6.07) is 0.0197. The lowest BCUT2D eigenvalue weighted by Crippen LogP contribution is -2.41. The van der Waals surface area contributed by atoms with Crippen molar-refractivity contribution in [2.75, 3.05) is 13.6 Å². The number of rotatable bonds is 4. The molecule has 2 aromatic heterocycles. The van der Waals surface area contributed by atoms with Gasteiger partial charge in [-0.05, 0) is 32.2 Å². The number of imidazole rings is 1. The Hall–Kier alpha value is -1.40. The highest BCUT2D eigenvalue weighted by Crippen LogP contribution is 2.42. The summed E-state index contributed by atoms with van der Waals surface area (Å²) in [7, 11) is 1.73. The molecule has 1 atom stereocenters. The number of hydrogen-bond donors (Lipinski definition) is 1. The van der Waals surface area contributed by atoms with Gasteiger partial charge in [-0.2, -0.15) is 0 Å². The first-order valence-corrected chi connectivity index (χ1v) is 8.56. The van der Waals surface area contributed by atoms with E-state index in [0.29, 0.717) is 5.92 Å². The van der Waals surface area contributed by atoms with Crippen LogP contribution in [0.5, 0.6) is 0 Å². The maximum absolute atomic E-state index is 12.0. The minimum atomic E-state index is 0.0197. The molecule has 5 nitrogen and oxygen atoms in total. The van der Waals surface area contributed by atoms with Gasteiger partial charge in [0.05, 0.1) is 17.4 Å². The molecule has 0 unspecified atom stereocenters. The minimum absolute atomic E-state index is 0.0197. The molecule has 112 valence electrons. The molecule has 2 fully saturated rings. The smallest absolute Gasteiger partial charge is 0.237 e. The monoisotopic (exact) mass is 304 g/mol. The van der Waals surface area contributed by atoms with Crippen LogP contribution < -0.4 is 5.32 Å². The van der Waals surface area contributed by atoms with E-state index >= 15 is 0 Å². The number of carbonyl (C=O) groups excluding carboxylic acids is 1. The van der Waals surface area contributed by atoms with E-state index in [0.717, 1.165) is 30.9 Å². The van der Waals surface area contributed by atoms with Gasteiger partial charge in [-0.1, -0.05) is 0 Å². The van der Waals surface area contributed by atoms with Crippen molar-refractivity contribution in [1.29, 1.82) is 0 Å². The summed E-state index contributed by atoms with van der Waals surface area (Å²) in [6.45, 7) is 1.83. The second kappa shape index (κ2) is 5.10. The summed E-state index contributed by atoms with van der Waals surface area (Å²) in [5.41, 5.74) is 2.56. The third kappa shape index (κ3) is 2.26. The van der Waals surface area contributed by atoms with Crippen molar-refractivity contribution < 1.29 is 4.79 Å². The molecule has 0 aromatic carbocycles. The van der Waals surface area contributed by atoms with E-state index in [1.165, 1.54) is 24.2 Å². The Bertz CT molecular complexity index is 672. The van der Waals surface area contributed by atoms with E-state index in [-0.39, 0.29) is 11.9 Å². The first-order valence-electron chi connectivity index (χ1n) is 7.68. The molecule has 0 bridgehead atoms. The molecule has 0 radical (unpaired) electrons. The van der Waals surface area contributed by atoms with E-state index in [2.05, 4.69) is 26.2 Å². The van der Waals surface area contributed by atoms with Crippen molar-refractivity contribution >= 4 is 22.2 Å². The third-order valence-corrected chi connectivity index (χ3v) is 5.38. The molecule has 0 spiro atoms. The molecule has 3 heterocycles. The number of likely N-dealkylation sites (N-methyl/N-ethyl adjacent to an activating group) is 1. The number of carbonyl (C=O) groups is 1. The number of nitrogens with zero attached hydrogens (tertiary/aromatic N) is 3. The lowest BCUT2D eigenvalue weighted by atomic mass is 10.2. The Labute approximate surface area is 128 Å². The second-order valence-electron chi connectivity index (χ2n) is 6.02. The van der Waals surface area contributed by atoms with E-state index in [9.17, 15) is 4.79 Å². The number of amides is 1. The maximum Gasteiger partial charge on any atom is 0.237 e. The highest BCUT2D eigenvalue weighted by atomic mass is 32.1. The number of fused-ring (bicyclic) bond motifs is 1. The normalized spacial score (nSPS) is 23.0. The predicted molar refractivity (Wildman–Crippen MR) is 82.5 cm³/mol. The summed E-state index contributed by atoms with van der Waals surface area (Å²) in [5.74, 6) is 0.791. The number of thiazole rings is 1. The summed E-state index contributed by atoms with van der Waals surface area (Å²) in [4.78, 5) is 20.2. The average Bonchev–Trinajstić information content (AvgIpc) is 2.93. The van der Waals surface area contributed by atoms with Crippen LogP contribution in [0.1, 0.15) is 43.0 Å². The molecule has 21 heavy (non-hydrogen) atoms. The lowest BCUT2D eigenvalue weighted by Gasteiger charge is -2.23. The number of likely N-dealkylation sites (tertiary alicyclic amines) is 1. The predicted octanol–water partition coefficient (Wildman–Crippen LogP) is 1.98. The number of aromatic nitrogens is 2. The van der Waals surface area contributed by atoms with E-state index in [1.54, 1.807) is 18.4 Å². The van der Waals surface area contributed by atoms with Gasteiger partial charge in [-0.15, -0.1) is 11.3 Å². The first-order chi connectivity index (χ1) is 10.3. The van der Waals surface area contributed by atoms with Crippen LogP contribution in [0.3, 0.4) is 0 Å². The van der Waals surface area contributed by atoms with E-state index in [4.69, 9.17) is 4.98 Å². The zero-order chi connectivity index (χ0) is 14.4. The first kappa shape index (κ1) is 13.3. The van der Waals surface area contributed by atoms with Crippen LogP contribution in [0, 0.1) is 0 Å². The number of nitrogens with one attached hydrogen (secondary N) is 1. The summed E-state index contributed by atoms with van der Waals surface area (Å²) in [5, 5.41) is 4.88. The lowest BCUT2D eigenvalue weighted by molar-refractivity contribution is -0.125. The maximum atomic E-state index is 12.0. The highest BCUT2D eigenvalue weighted by molar-refractivity contribution is 7.15. The zero-order valence-electron chi connectivity index (χ0n) is 12.2. The quantitative estimate of drug-likeness (QED) is 0.940. The Morgan fingerprint density at radius 1 is 1.48 bits per heavy atom. The summed E-state index contributed by atoms with van der Waals surface area (Å²) < 4.78 is 2.22. The molecule has 1 aliphatic heterocycles. The number of hydrogen-bond acceptors (Lipinski definition) is 4. The largest absolute Gasteiger partial charge is 0.358 e. The minimum Gasteiger partial charge on any atom is -0.358 e. The Kier molecular flexibility index (Phi) is 3.23. The second-order valence-corrected chi connectivity index (χ2v) is 6.89. The Morgan fingerprint density at radius 3 is 3.10 bits per heavy atom. The van der Waals surface area contributed by atoms with E-state index < -0.39 is 0 Å². The van der Waals surface area contributed by atoms with Gasteiger partial charge in [-0.25, -0.2) is 4.98 Å². The van der Waals surface area contributed by atoms with Gasteiger partial charge < -0.3 is 5.32 Å². The molecule has 2 aliphatic rings. The summed E-state index contributed by atoms with van der Waals surface area (Å²) in [6.07, 6.45) is 6.69. The van der Waals surface area contributed by atoms with Crippen LogP contribution in [-0.2, 0) is 11.3 Å². The molecule has 4 rings (SSSR count). The van der Waals surface area contributed by atoms with Crippen molar-refractivity contribution in [3.05, 3.63) is 23.0 Å². The van der Waals surface area contributed by atoms with Gasteiger partial charge in [0.2, 0.25) is 5.91 Å². The van der Waals surface area contributed by atoms with Crippen molar-refractivity contribution in [1.82, 2.24) is 19.6 Å². The Morgan fingerprint density at radius 2 is 2.33 bits per heavy atom. The average molecular weight is 304 g/mol. The molecule has 1 saturated carbocycles. The van der Waals surface area contributed by atoms with Gasteiger partial charge in [0.25, 0.3) is 0 Å². The van der Waals surface area contributed by atoms with Gasteiger partial charge in [0, 0.05) is 31.1 Å². The molecular formula is C15H20N4OS. The fourth-order valence-electron chi connectivity index (χ4n) is 3.36.